The molecule has 21 heavy (non-hydrogen) atoms. The van der Waals surface area contributed by atoms with Crippen LogP contribution in [0.3, 0.4) is 0 Å². The molecule has 1 atom stereocenters. The Hall–Kier alpha value is -1.01. The number of fused-ring (bicyclic) bond motifs is 1. The van der Waals surface area contributed by atoms with Crippen molar-refractivity contribution in [2.45, 2.75) is 55.9 Å². The number of carbonyl (C=O) groups is 1. The molecule has 5 nitrogen and oxygen atoms in total. The summed E-state index contributed by atoms with van der Waals surface area (Å²) in [6.07, 6.45) is 10.9. The third-order valence-corrected chi connectivity index (χ3v) is 6.25. The lowest BCUT2D eigenvalue weighted by Gasteiger charge is -2.36. The normalized spacial score (nSPS) is 24.3. The van der Waals surface area contributed by atoms with E-state index in [1.807, 2.05) is 11.8 Å². The first-order chi connectivity index (χ1) is 10.2. The predicted octanol–water partition coefficient (Wildman–Crippen LogP) is 1.61. The van der Waals surface area contributed by atoms with Crippen molar-refractivity contribution in [2.75, 3.05) is 12.8 Å². The van der Waals surface area contributed by atoms with Gasteiger partial charge in [-0.1, -0.05) is 19.3 Å². The summed E-state index contributed by atoms with van der Waals surface area (Å²) >= 11 is 1.92. The molecular formula is C15H24N4OS. The van der Waals surface area contributed by atoms with Crippen LogP contribution in [-0.2, 0) is 17.8 Å². The number of thioether (sulfide) groups is 1. The second-order valence-electron chi connectivity index (χ2n) is 6.13. The maximum Gasteiger partial charge on any atom is 0.237 e. The summed E-state index contributed by atoms with van der Waals surface area (Å²) in [6, 6.07) is -0.150. The van der Waals surface area contributed by atoms with Gasteiger partial charge in [0.1, 0.15) is 0 Å². The Kier molecular flexibility index (Phi) is 4.54. The lowest BCUT2D eigenvalue weighted by atomic mass is 9.88. The lowest BCUT2D eigenvalue weighted by Crippen LogP contribution is -2.51. The van der Waals surface area contributed by atoms with Crippen LogP contribution in [0.15, 0.2) is 6.33 Å². The van der Waals surface area contributed by atoms with Crippen LogP contribution in [0.25, 0.3) is 0 Å². The minimum Gasteiger partial charge on any atom is -0.353 e. The fourth-order valence-corrected chi connectivity index (χ4v) is 4.29. The van der Waals surface area contributed by atoms with Crippen LogP contribution >= 0.6 is 11.8 Å². The number of rotatable bonds is 4. The summed E-state index contributed by atoms with van der Waals surface area (Å²) in [5.74, 6) is 0.114. The number of imidazole rings is 1. The molecule has 2 heterocycles. The van der Waals surface area contributed by atoms with E-state index in [1.165, 1.54) is 32.1 Å². The molecule has 3 rings (SSSR count). The first-order valence-corrected chi connectivity index (χ1v) is 9.02. The van der Waals surface area contributed by atoms with E-state index in [-0.39, 0.29) is 16.7 Å². The molecular weight excluding hydrogens is 284 g/mol. The first kappa shape index (κ1) is 14.9. The van der Waals surface area contributed by atoms with E-state index >= 15 is 0 Å². The number of aromatic amines is 1. The van der Waals surface area contributed by atoms with Gasteiger partial charge in [-0.05, 0) is 19.1 Å². The summed E-state index contributed by atoms with van der Waals surface area (Å²) in [5, 5.41) is 6.47. The highest BCUT2D eigenvalue weighted by atomic mass is 32.2. The van der Waals surface area contributed by atoms with E-state index < -0.39 is 0 Å². The van der Waals surface area contributed by atoms with Crippen LogP contribution < -0.4 is 10.6 Å². The highest BCUT2D eigenvalue weighted by Crippen LogP contribution is 2.37. The van der Waals surface area contributed by atoms with E-state index in [1.54, 1.807) is 6.33 Å². The van der Waals surface area contributed by atoms with Gasteiger partial charge in [0.25, 0.3) is 0 Å². The van der Waals surface area contributed by atoms with Gasteiger partial charge < -0.3 is 10.3 Å². The number of nitrogens with one attached hydrogen (secondary N) is 3. The number of H-pyrrole nitrogens is 1. The first-order valence-electron chi connectivity index (χ1n) is 7.80. The zero-order valence-corrected chi connectivity index (χ0v) is 13.4. The van der Waals surface area contributed by atoms with Crippen LogP contribution in [0.1, 0.15) is 43.5 Å². The second kappa shape index (κ2) is 6.40. The van der Waals surface area contributed by atoms with Crippen molar-refractivity contribution in [3.05, 3.63) is 17.7 Å². The fourth-order valence-electron chi connectivity index (χ4n) is 3.38. The van der Waals surface area contributed by atoms with Gasteiger partial charge in [-0.25, -0.2) is 4.98 Å². The molecule has 0 radical (unpaired) electrons. The maximum absolute atomic E-state index is 12.4. The molecule has 0 spiro atoms. The molecule has 0 aromatic carbocycles. The largest absolute Gasteiger partial charge is 0.353 e. The maximum atomic E-state index is 12.4. The van der Waals surface area contributed by atoms with Crippen molar-refractivity contribution in [3.63, 3.8) is 0 Å². The smallest absolute Gasteiger partial charge is 0.237 e. The minimum absolute atomic E-state index is 0.114. The summed E-state index contributed by atoms with van der Waals surface area (Å²) in [5.41, 5.74) is 2.12. The van der Waals surface area contributed by atoms with E-state index in [2.05, 4.69) is 26.9 Å². The Bertz CT molecular complexity index is 496. The number of amides is 1. The Morgan fingerprint density at radius 2 is 2.29 bits per heavy atom. The van der Waals surface area contributed by atoms with Crippen molar-refractivity contribution in [1.82, 2.24) is 20.6 Å². The Morgan fingerprint density at radius 1 is 1.48 bits per heavy atom. The molecule has 6 heteroatoms. The third-order valence-electron chi connectivity index (χ3n) is 4.83. The van der Waals surface area contributed by atoms with Gasteiger partial charge in [0.05, 0.1) is 23.8 Å². The monoisotopic (exact) mass is 308 g/mol. The van der Waals surface area contributed by atoms with Crippen molar-refractivity contribution in [1.29, 1.82) is 0 Å². The van der Waals surface area contributed by atoms with E-state index in [0.29, 0.717) is 13.0 Å². The Morgan fingerprint density at radius 3 is 3.05 bits per heavy atom. The molecule has 1 amide bonds. The van der Waals surface area contributed by atoms with E-state index in [9.17, 15) is 4.79 Å². The van der Waals surface area contributed by atoms with Crippen molar-refractivity contribution < 1.29 is 4.79 Å². The van der Waals surface area contributed by atoms with Gasteiger partial charge in [0.2, 0.25) is 5.91 Å². The molecule has 1 aromatic rings. The molecule has 3 N–H and O–H groups in total. The van der Waals surface area contributed by atoms with Gasteiger partial charge in [0.15, 0.2) is 0 Å². The van der Waals surface area contributed by atoms with Crippen LogP contribution in [0, 0.1) is 0 Å². The predicted molar refractivity (Wildman–Crippen MR) is 85.3 cm³/mol. The highest BCUT2D eigenvalue weighted by molar-refractivity contribution is 8.00. The molecule has 1 unspecified atom stereocenters. The third kappa shape index (κ3) is 3.26. The lowest BCUT2D eigenvalue weighted by molar-refractivity contribution is -0.123. The van der Waals surface area contributed by atoms with Crippen LogP contribution in [0.4, 0.5) is 0 Å². The SMILES string of the molecule is CSC1(CNC(=O)C2Cc3nc[nH]c3CN2)CCCCC1. The van der Waals surface area contributed by atoms with Gasteiger partial charge in [-0.15, -0.1) is 0 Å². The molecule has 2 aliphatic rings. The minimum atomic E-state index is -0.150. The molecule has 1 aliphatic heterocycles. The zero-order valence-electron chi connectivity index (χ0n) is 12.6. The summed E-state index contributed by atoms with van der Waals surface area (Å²) in [6.45, 7) is 1.49. The van der Waals surface area contributed by atoms with E-state index in [4.69, 9.17) is 0 Å². The Labute approximate surface area is 130 Å². The molecule has 1 saturated carbocycles. The molecule has 1 aromatic heterocycles. The van der Waals surface area contributed by atoms with Gasteiger partial charge in [-0.2, -0.15) is 11.8 Å². The van der Waals surface area contributed by atoms with Gasteiger partial charge in [-0.3, -0.25) is 10.1 Å². The standard InChI is InChI=1S/C15H24N4OS/c1-21-15(5-3-2-4-6-15)9-17-14(20)12-7-11-13(8-16-12)19-10-18-11/h10,12,16H,2-9H2,1H3,(H,17,20)(H,18,19). The molecule has 116 valence electrons. The van der Waals surface area contributed by atoms with Gasteiger partial charge >= 0.3 is 0 Å². The average molecular weight is 308 g/mol. The van der Waals surface area contributed by atoms with Gasteiger partial charge in [0, 0.05) is 24.3 Å². The van der Waals surface area contributed by atoms with Crippen LogP contribution in [-0.4, -0.2) is 39.5 Å². The molecule has 1 aliphatic carbocycles. The summed E-state index contributed by atoms with van der Waals surface area (Å²) in [7, 11) is 0. The topological polar surface area (TPSA) is 69.8 Å². The fraction of sp³-hybridized carbons (Fsp3) is 0.733. The molecule has 0 bridgehead atoms. The quantitative estimate of drug-likeness (QED) is 0.790. The number of carbonyl (C=O) groups excluding carboxylic acids is 1. The van der Waals surface area contributed by atoms with E-state index in [0.717, 1.165) is 17.9 Å². The number of hydrogen-bond donors (Lipinski definition) is 3. The van der Waals surface area contributed by atoms with Crippen molar-refractivity contribution in [2.24, 2.45) is 0 Å². The highest BCUT2D eigenvalue weighted by Gasteiger charge is 2.33. The van der Waals surface area contributed by atoms with Crippen molar-refractivity contribution >= 4 is 17.7 Å². The summed E-state index contributed by atoms with van der Waals surface area (Å²) < 4.78 is 0.250. The number of aromatic nitrogens is 2. The van der Waals surface area contributed by atoms with Crippen LogP contribution in [0.5, 0.6) is 0 Å². The van der Waals surface area contributed by atoms with Crippen molar-refractivity contribution in [3.8, 4) is 0 Å². The zero-order chi connectivity index (χ0) is 14.7. The average Bonchev–Trinajstić information content (AvgIpc) is 3.01. The second-order valence-corrected chi connectivity index (χ2v) is 7.41. The number of nitrogens with zero attached hydrogens (tertiary/aromatic N) is 1. The number of hydrogen-bond acceptors (Lipinski definition) is 4. The van der Waals surface area contributed by atoms with Crippen LogP contribution in [0.2, 0.25) is 0 Å². The molecule has 1 fully saturated rings. The summed E-state index contributed by atoms with van der Waals surface area (Å²) in [4.78, 5) is 19.8. The Balaban J connectivity index is 1.54. The molecule has 0 saturated heterocycles.